The number of methoxy groups -OCH3 is 1. The first kappa shape index (κ1) is 19.9. The number of benzene rings is 1. The zero-order chi connectivity index (χ0) is 17.8. The third-order valence-electron chi connectivity index (χ3n) is 2.85. The number of nitrogens with one attached hydrogen (secondary N) is 2. The maximum atomic E-state index is 11.6. The summed E-state index contributed by atoms with van der Waals surface area (Å²) in [6, 6.07) is 7.14. The molecule has 132 valence electrons. The van der Waals surface area contributed by atoms with Crippen LogP contribution in [-0.2, 0) is 19.1 Å². The zero-order valence-electron chi connectivity index (χ0n) is 13.8. The van der Waals surface area contributed by atoms with Crippen molar-refractivity contribution in [1.29, 1.82) is 0 Å². The smallest absolute Gasteiger partial charge is 0.306 e. The third kappa shape index (κ3) is 8.44. The van der Waals surface area contributed by atoms with Crippen molar-refractivity contribution in [2.75, 3.05) is 32.2 Å². The minimum absolute atomic E-state index is 0.0126. The molecule has 8 heteroatoms. The number of carbonyl (C=O) groups is 2. The molecule has 0 spiro atoms. The number of esters is 1. The lowest BCUT2D eigenvalue weighted by Gasteiger charge is -2.10. The second-order valence-electron chi connectivity index (χ2n) is 4.65. The van der Waals surface area contributed by atoms with Crippen LogP contribution in [0.2, 0.25) is 0 Å². The number of rotatable bonds is 9. The molecule has 2 N–H and O–H groups in total. The highest BCUT2D eigenvalue weighted by Gasteiger charge is 2.08. The fourth-order valence-corrected chi connectivity index (χ4v) is 1.90. The lowest BCUT2D eigenvalue weighted by molar-refractivity contribution is -0.142. The molecule has 0 saturated heterocycles. The topological polar surface area (TPSA) is 85.9 Å². The molecular weight excluding hydrogens is 332 g/mol. The molecule has 1 rings (SSSR count). The van der Waals surface area contributed by atoms with E-state index in [1.807, 2.05) is 6.92 Å². The van der Waals surface area contributed by atoms with Crippen LogP contribution in [0.25, 0.3) is 0 Å². The minimum atomic E-state index is -0.441. The van der Waals surface area contributed by atoms with Crippen molar-refractivity contribution in [2.45, 2.75) is 19.8 Å². The molecule has 0 fully saturated rings. The van der Waals surface area contributed by atoms with Gasteiger partial charge in [0, 0.05) is 18.7 Å². The number of hydrogen-bond acceptors (Lipinski definition) is 6. The van der Waals surface area contributed by atoms with Gasteiger partial charge < -0.3 is 24.8 Å². The Kier molecular flexibility index (Phi) is 9.40. The Hall–Kier alpha value is -2.19. The Morgan fingerprint density at radius 1 is 1.12 bits per heavy atom. The number of anilines is 1. The summed E-state index contributed by atoms with van der Waals surface area (Å²) < 4.78 is 15.2. The highest BCUT2D eigenvalue weighted by atomic mass is 32.1. The Labute approximate surface area is 146 Å². The largest absolute Gasteiger partial charge is 0.491 e. The minimum Gasteiger partial charge on any atom is -0.491 e. The maximum Gasteiger partial charge on any atom is 0.306 e. The summed E-state index contributed by atoms with van der Waals surface area (Å²) in [5.41, 5.74) is 0.713. The van der Waals surface area contributed by atoms with E-state index >= 15 is 0 Å². The van der Waals surface area contributed by atoms with Crippen LogP contribution in [0, 0.1) is 0 Å². The second kappa shape index (κ2) is 11.4. The Bertz CT molecular complexity index is 548. The van der Waals surface area contributed by atoms with Crippen LogP contribution in [-0.4, -0.2) is 43.9 Å². The molecule has 1 amide bonds. The third-order valence-corrected chi connectivity index (χ3v) is 3.05. The highest BCUT2D eigenvalue weighted by molar-refractivity contribution is 7.80. The van der Waals surface area contributed by atoms with Crippen molar-refractivity contribution < 1.29 is 23.8 Å². The first-order valence-electron chi connectivity index (χ1n) is 7.53. The SMILES string of the molecule is CCOCCOc1ccc(NC(=S)NC(=O)CCC(=O)OC)cc1. The van der Waals surface area contributed by atoms with Crippen LogP contribution in [0.4, 0.5) is 5.69 Å². The van der Waals surface area contributed by atoms with Crippen molar-refractivity contribution in [3.05, 3.63) is 24.3 Å². The summed E-state index contributed by atoms with van der Waals surface area (Å²) in [4.78, 5) is 22.6. The van der Waals surface area contributed by atoms with Gasteiger partial charge in [-0.3, -0.25) is 9.59 Å². The van der Waals surface area contributed by atoms with Gasteiger partial charge >= 0.3 is 5.97 Å². The number of amides is 1. The Morgan fingerprint density at radius 2 is 1.83 bits per heavy atom. The van der Waals surface area contributed by atoms with Crippen molar-refractivity contribution in [3.63, 3.8) is 0 Å². The van der Waals surface area contributed by atoms with Crippen LogP contribution in [0.5, 0.6) is 5.75 Å². The summed E-state index contributed by atoms with van der Waals surface area (Å²) >= 11 is 5.05. The molecule has 0 bridgehead atoms. The van der Waals surface area contributed by atoms with Gasteiger partial charge in [-0.05, 0) is 43.4 Å². The molecule has 0 radical (unpaired) electrons. The van der Waals surface area contributed by atoms with E-state index in [0.717, 1.165) is 0 Å². The van der Waals surface area contributed by atoms with E-state index in [9.17, 15) is 9.59 Å². The molecule has 7 nitrogen and oxygen atoms in total. The molecule has 0 aliphatic heterocycles. The fourth-order valence-electron chi connectivity index (χ4n) is 1.67. The van der Waals surface area contributed by atoms with Gasteiger partial charge in [-0.1, -0.05) is 0 Å². The Morgan fingerprint density at radius 3 is 2.46 bits per heavy atom. The van der Waals surface area contributed by atoms with Gasteiger partial charge in [-0.15, -0.1) is 0 Å². The van der Waals surface area contributed by atoms with Gasteiger partial charge in [0.15, 0.2) is 5.11 Å². The number of hydrogen-bond donors (Lipinski definition) is 2. The van der Waals surface area contributed by atoms with E-state index in [4.69, 9.17) is 21.7 Å². The summed E-state index contributed by atoms with van der Waals surface area (Å²) in [6.45, 7) is 3.61. The summed E-state index contributed by atoms with van der Waals surface area (Å²) in [6.07, 6.45) is 0.0276. The first-order chi connectivity index (χ1) is 11.5. The van der Waals surface area contributed by atoms with Gasteiger partial charge in [0.2, 0.25) is 5.91 Å². The molecule has 0 unspecified atom stereocenters. The Balaban J connectivity index is 2.33. The average Bonchev–Trinajstić information content (AvgIpc) is 2.58. The highest BCUT2D eigenvalue weighted by Crippen LogP contribution is 2.15. The molecule has 0 aliphatic rings. The van der Waals surface area contributed by atoms with Crippen LogP contribution in [0.1, 0.15) is 19.8 Å². The molecule has 1 aromatic rings. The van der Waals surface area contributed by atoms with Crippen molar-refractivity contribution >= 4 is 34.9 Å². The average molecular weight is 354 g/mol. The van der Waals surface area contributed by atoms with Gasteiger partial charge in [0.05, 0.1) is 20.1 Å². The van der Waals surface area contributed by atoms with Crippen LogP contribution in [0.15, 0.2) is 24.3 Å². The van der Waals surface area contributed by atoms with E-state index in [1.165, 1.54) is 7.11 Å². The van der Waals surface area contributed by atoms with Crippen LogP contribution in [0.3, 0.4) is 0 Å². The van der Waals surface area contributed by atoms with E-state index in [2.05, 4.69) is 15.4 Å². The fraction of sp³-hybridized carbons (Fsp3) is 0.438. The lowest BCUT2D eigenvalue weighted by Crippen LogP contribution is -2.34. The maximum absolute atomic E-state index is 11.6. The van der Waals surface area contributed by atoms with Gasteiger partial charge in [-0.2, -0.15) is 0 Å². The van der Waals surface area contributed by atoms with Crippen molar-refractivity contribution in [1.82, 2.24) is 5.32 Å². The van der Waals surface area contributed by atoms with E-state index in [0.29, 0.717) is 31.3 Å². The molecule has 0 aliphatic carbocycles. The number of ether oxygens (including phenoxy) is 3. The lowest BCUT2D eigenvalue weighted by atomic mass is 10.3. The zero-order valence-corrected chi connectivity index (χ0v) is 14.6. The predicted octanol–water partition coefficient (Wildman–Crippen LogP) is 1.87. The number of carbonyl (C=O) groups excluding carboxylic acids is 2. The molecule has 1 aromatic carbocycles. The second-order valence-corrected chi connectivity index (χ2v) is 5.06. The quantitative estimate of drug-likeness (QED) is 0.398. The van der Waals surface area contributed by atoms with E-state index in [-0.39, 0.29) is 23.9 Å². The number of thiocarbonyl (C=S) groups is 1. The molecule has 24 heavy (non-hydrogen) atoms. The molecule has 0 atom stereocenters. The monoisotopic (exact) mass is 354 g/mol. The molecular formula is C16H22N2O5S. The van der Waals surface area contributed by atoms with Gasteiger partial charge in [0.1, 0.15) is 12.4 Å². The van der Waals surface area contributed by atoms with Crippen LogP contribution < -0.4 is 15.4 Å². The van der Waals surface area contributed by atoms with E-state index < -0.39 is 5.97 Å². The summed E-state index contributed by atoms with van der Waals surface area (Å²) in [7, 11) is 1.27. The van der Waals surface area contributed by atoms with Gasteiger partial charge in [0.25, 0.3) is 0 Å². The van der Waals surface area contributed by atoms with E-state index in [1.54, 1.807) is 24.3 Å². The summed E-state index contributed by atoms with van der Waals surface area (Å²) in [5.74, 6) is -0.0778. The first-order valence-corrected chi connectivity index (χ1v) is 7.94. The summed E-state index contributed by atoms with van der Waals surface area (Å²) in [5, 5.41) is 5.54. The van der Waals surface area contributed by atoms with Crippen molar-refractivity contribution in [3.8, 4) is 5.75 Å². The predicted molar refractivity (Wildman–Crippen MR) is 94.0 cm³/mol. The van der Waals surface area contributed by atoms with Crippen LogP contribution >= 0.6 is 12.2 Å². The standard InChI is InChI=1S/C16H22N2O5S/c1-3-22-10-11-23-13-6-4-12(5-7-13)17-16(24)18-14(19)8-9-15(20)21-2/h4-7H,3,8-11H2,1-2H3,(H2,17,18,19,24). The molecule has 0 heterocycles. The van der Waals surface area contributed by atoms with Crippen molar-refractivity contribution in [2.24, 2.45) is 0 Å². The molecule has 0 aromatic heterocycles. The molecule has 0 saturated carbocycles. The normalized spacial score (nSPS) is 9.92. The van der Waals surface area contributed by atoms with Gasteiger partial charge in [-0.25, -0.2) is 0 Å².